The fourth-order valence-electron chi connectivity index (χ4n) is 2.07. The van der Waals surface area contributed by atoms with Gasteiger partial charge in [0.1, 0.15) is 0 Å². The molecule has 1 atom stereocenters. The average molecular weight is 172 g/mol. The minimum atomic E-state index is 0.564. The van der Waals surface area contributed by atoms with Crippen LogP contribution < -0.4 is 0 Å². The molecule has 0 saturated heterocycles. The molecule has 0 heteroatoms. The molecule has 0 nitrogen and oxygen atoms in total. The van der Waals surface area contributed by atoms with Crippen LogP contribution in [0.5, 0.6) is 0 Å². The summed E-state index contributed by atoms with van der Waals surface area (Å²) in [4.78, 5) is 0. The van der Waals surface area contributed by atoms with Crippen molar-refractivity contribution in [1.29, 1.82) is 0 Å². The summed E-state index contributed by atoms with van der Waals surface area (Å²) >= 11 is 0. The SMILES string of the molecule is C=C1Cc2cc(C)c(C)cc2C1C. The molecule has 1 aliphatic rings. The van der Waals surface area contributed by atoms with Gasteiger partial charge < -0.3 is 0 Å². The van der Waals surface area contributed by atoms with E-state index in [1.165, 1.54) is 27.8 Å². The Balaban J connectivity index is 2.59. The molecule has 0 spiro atoms. The Morgan fingerprint density at radius 2 is 1.85 bits per heavy atom. The first-order valence-electron chi connectivity index (χ1n) is 4.87. The smallest absolute Gasteiger partial charge is 0.00233 e. The first-order valence-corrected chi connectivity index (χ1v) is 4.87. The Kier molecular flexibility index (Phi) is 1.80. The molecule has 13 heavy (non-hydrogen) atoms. The Hall–Kier alpha value is -1.04. The van der Waals surface area contributed by atoms with Crippen LogP contribution >= 0.6 is 0 Å². The highest BCUT2D eigenvalue weighted by molar-refractivity contribution is 5.48. The van der Waals surface area contributed by atoms with E-state index in [1.807, 2.05) is 0 Å². The molecular weight excluding hydrogens is 156 g/mol. The minimum absolute atomic E-state index is 0.564. The molecule has 68 valence electrons. The first kappa shape index (κ1) is 8.55. The second kappa shape index (κ2) is 2.73. The van der Waals surface area contributed by atoms with Crippen LogP contribution in [0.25, 0.3) is 0 Å². The topological polar surface area (TPSA) is 0 Å². The van der Waals surface area contributed by atoms with Gasteiger partial charge in [-0.25, -0.2) is 0 Å². The summed E-state index contributed by atoms with van der Waals surface area (Å²) in [5.41, 5.74) is 7.15. The van der Waals surface area contributed by atoms with Gasteiger partial charge in [0.2, 0.25) is 0 Å². The van der Waals surface area contributed by atoms with E-state index in [9.17, 15) is 0 Å². The van der Waals surface area contributed by atoms with Crippen molar-refractivity contribution in [2.45, 2.75) is 33.1 Å². The molecule has 0 saturated carbocycles. The number of benzene rings is 1. The Morgan fingerprint density at radius 1 is 1.23 bits per heavy atom. The number of aryl methyl sites for hydroxylation is 2. The highest BCUT2D eigenvalue weighted by Crippen LogP contribution is 2.37. The van der Waals surface area contributed by atoms with Gasteiger partial charge >= 0.3 is 0 Å². The number of fused-ring (bicyclic) bond motifs is 1. The van der Waals surface area contributed by atoms with E-state index in [2.05, 4.69) is 39.5 Å². The van der Waals surface area contributed by atoms with Crippen molar-refractivity contribution < 1.29 is 0 Å². The monoisotopic (exact) mass is 172 g/mol. The number of hydrogen-bond acceptors (Lipinski definition) is 0. The molecule has 0 radical (unpaired) electrons. The zero-order valence-electron chi connectivity index (χ0n) is 8.65. The maximum Gasteiger partial charge on any atom is 0.00233 e. The normalized spacial score (nSPS) is 20.5. The lowest BCUT2D eigenvalue weighted by Crippen LogP contribution is -1.90. The second-order valence-corrected chi connectivity index (χ2v) is 4.19. The molecule has 0 heterocycles. The predicted molar refractivity (Wildman–Crippen MR) is 57.2 cm³/mol. The average Bonchev–Trinajstić information content (AvgIpc) is 2.32. The summed E-state index contributed by atoms with van der Waals surface area (Å²) in [6.07, 6.45) is 1.08. The van der Waals surface area contributed by atoms with Crippen molar-refractivity contribution in [3.05, 3.63) is 46.5 Å². The molecule has 0 bridgehead atoms. The van der Waals surface area contributed by atoms with Gasteiger partial charge in [0.05, 0.1) is 0 Å². The zero-order valence-corrected chi connectivity index (χ0v) is 8.65. The highest BCUT2D eigenvalue weighted by atomic mass is 14.3. The molecule has 1 aromatic rings. The second-order valence-electron chi connectivity index (χ2n) is 4.19. The fraction of sp³-hybridized carbons (Fsp3) is 0.385. The third-order valence-corrected chi connectivity index (χ3v) is 3.25. The molecule has 0 aliphatic heterocycles. The van der Waals surface area contributed by atoms with Crippen LogP contribution in [0.1, 0.15) is 35.1 Å². The summed E-state index contributed by atoms with van der Waals surface area (Å²) < 4.78 is 0. The predicted octanol–water partition coefficient (Wildman–Crippen LogP) is 3.52. The first-order chi connectivity index (χ1) is 6.09. The molecule has 0 amide bonds. The van der Waals surface area contributed by atoms with Crippen LogP contribution in [0, 0.1) is 13.8 Å². The number of allylic oxidation sites excluding steroid dienone is 1. The van der Waals surface area contributed by atoms with Crippen LogP contribution in [0.2, 0.25) is 0 Å². The van der Waals surface area contributed by atoms with Gasteiger partial charge in [0.25, 0.3) is 0 Å². The lowest BCUT2D eigenvalue weighted by molar-refractivity contribution is 0.930. The summed E-state index contributed by atoms with van der Waals surface area (Å²) in [5, 5.41) is 0. The largest absolute Gasteiger partial charge is 0.0989 e. The molecule has 1 aliphatic carbocycles. The van der Waals surface area contributed by atoms with Gasteiger partial charge in [-0.1, -0.05) is 31.2 Å². The van der Waals surface area contributed by atoms with E-state index >= 15 is 0 Å². The Morgan fingerprint density at radius 3 is 2.54 bits per heavy atom. The standard InChI is InChI=1S/C13H16/c1-8-5-12-6-10(3)11(4)13(12)7-9(8)2/h5,7,11H,3,6H2,1-2,4H3. The Labute approximate surface area is 80.3 Å². The molecular formula is C13H16. The molecule has 1 unspecified atom stereocenters. The zero-order chi connectivity index (χ0) is 9.59. The van der Waals surface area contributed by atoms with Gasteiger partial charge in [0, 0.05) is 5.92 Å². The Bertz CT molecular complexity index is 372. The lowest BCUT2D eigenvalue weighted by atomic mass is 9.97. The maximum absolute atomic E-state index is 4.11. The van der Waals surface area contributed by atoms with Crippen LogP contribution in [-0.4, -0.2) is 0 Å². The van der Waals surface area contributed by atoms with Gasteiger partial charge in [-0.15, -0.1) is 0 Å². The van der Waals surface area contributed by atoms with Crippen LogP contribution in [0.15, 0.2) is 24.3 Å². The number of hydrogen-bond donors (Lipinski definition) is 0. The maximum atomic E-state index is 4.11. The lowest BCUT2D eigenvalue weighted by Gasteiger charge is -2.08. The molecule has 2 rings (SSSR count). The summed E-state index contributed by atoms with van der Waals surface area (Å²) in [5.74, 6) is 0.564. The van der Waals surface area contributed by atoms with Crippen LogP contribution in [-0.2, 0) is 6.42 Å². The fourth-order valence-corrected chi connectivity index (χ4v) is 2.07. The van der Waals surface area contributed by atoms with E-state index in [0.29, 0.717) is 5.92 Å². The quantitative estimate of drug-likeness (QED) is 0.525. The van der Waals surface area contributed by atoms with Crippen molar-refractivity contribution in [1.82, 2.24) is 0 Å². The summed E-state index contributed by atoms with van der Waals surface area (Å²) in [6, 6.07) is 4.65. The van der Waals surface area contributed by atoms with Crippen molar-refractivity contribution in [2.24, 2.45) is 0 Å². The number of rotatable bonds is 0. The van der Waals surface area contributed by atoms with E-state index in [-0.39, 0.29) is 0 Å². The molecule has 0 N–H and O–H groups in total. The van der Waals surface area contributed by atoms with E-state index < -0.39 is 0 Å². The van der Waals surface area contributed by atoms with E-state index in [1.54, 1.807) is 0 Å². The minimum Gasteiger partial charge on any atom is -0.0989 e. The van der Waals surface area contributed by atoms with Crippen molar-refractivity contribution in [3.63, 3.8) is 0 Å². The van der Waals surface area contributed by atoms with Crippen molar-refractivity contribution in [3.8, 4) is 0 Å². The van der Waals surface area contributed by atoms with Gasteiger partial charge in [-0.2, -0.15) is 0 Å². The van der Waals surface area contributed by atoms with Crippen LogP contribution in [0.4, 0.5) is 0 Å². The van der Waals surface area contributed by atoms with Gasteiger partial charge in [-0.05, 0) is 42.5 Å². The van der Waals surface area contributed by atoms with Crippen LogP contribution in [0.3, 0.4) is 0 Å². The van der Waals surface area contributed by atoms with Crippen molar-refractivity contribution in [2.75, 3.05) is 0 Å². The third kappa shape index (κ3) is 1.21. The summed E-state index contributed by atoms with van der Waals surface area (Å²) in [7, 11) is 0. The van der Waals surface area contributed by atoms with E-state index in [0.717, 1.165) is 6.42 Å². The molecule has 0 aromatic heterocycles. The third-order valence-electron chi connectivity index (χ3n) is 3.25. The van der Waals surface area contributed by atoms with E-state index in [4.69, 9.17) is 0 Å². The molecule has 1 aromatic carbocycles. The van der Waals surface area contributed by atoms with Gasteiger partial charge in [-0.3, -0.25) is 0 Å². The highest BCUT2D eigenvalue weighted by Gasteiger charge is 2.22. The summed E-state index contributed by atoms with van der Waals surface area (Å²) in [6.45, 7) is 10.7. The van der Waals surface area contributed by atoms with Gasteiger partial charge in [0.15, 0.2) is 0 Å². The van der Waals surface area contributed by atoms with Crippen molar-refractivity contribution >= 4 is 0 Å². The molecule has 0 fully saturated rings.